The van der Waals surface area contributed by atoms with Gasteiger partial charge in [-0.1, -0.05) is 244 Å². The van der Waals surface area contributed by atoms with E-state index in [1.54, 1.807) is 0 Å². The Morgan fingerprint density at radius 1 is 0.348 bits per heavy atom. The fourth-order valence-electron chi connectivity index (χ4n) is 14.5. The van der Waals surface area contributed by atoms with Crippen LogP contribution in [0.1, 0.15) is 79.0 Å². The lowest BCUT2D eigenvalue weighted by atomic mass is 9.36. The highest BCUT2D eigenvalue weighted by atomic mass is 32.1. The van der Waals surface area contributed by atoms with Crippen molar-refractivity contribution >= 4 is 127 Å². The summed E-state index contributed by atoms with van der Waals surface area (Å²) in [5, 5.41) is 8.96. The van der Waals surface area contributed by atoms with Crippen molar-refractivity contribution in [3.8, 4) is 33.4 Å². The van der Waals surface area contributed by atoms with E-state index in [1.165, 1.54) is 120 Å². The van der Waals surface area contributed by atoms with Crippen molar-refractivity contribution in [2.75, 3.05) is 14.7 Å². The third-order valence-electron chi connectivity index (χ3n) is 19.0. The fraction of sp³-hybridized carbons (Fsp3) is 0.143. The van der Waals surface area contributed by atoms with Crippen LogP contribution in [0.25, 0.3) is 75.8 Å². The highest BCUT2D eigenvalue weighted by Gasteiger charge is 2.47. The van der Waals surface area contributed by atoms with Crippen LogP contribution in [0, 0.1) is 0 Å². The summed E-state index contributed by atoms with van der Waals surface area (Å²) in [7, 11) is 0. The number of thiophene rings is 1. The van der Waals surface area contributed by atoms with Gasteiger partial charge in [0.1, 0.15) is 0 Å². The van der Waals surface area contributed by atoms with Crippen LogP contribution in [-0.2, 0) is 16.2 Å². The summed E-state index contributed by atoms with van der Waals surface area (Å²) < 4.78 is 2.63. The zero-order valence-electron chi connectivity index (χ0n) is 52.2. The van der Waals surface area contributed by atoms with Gasteiger partial charge in [-0.15, -0.1) is 11.3 Å². The van der Waals surface area contributed by atoms with Crippen LogP contribution in [0.2, 0.25) is 0 Å². The lowest BCUT2D eigenvalue weighted by Crippen LogP contribution is -2.60. The second-order valence-corrected chi connectivity index (χ2v) is 28.8. The van der Waals surface area contributed by atoms with Crippen LogP contribution in [0.5, 0.6) is 0 Å². The molecule has 0 spiro atoms. The highest BCUT2D eigenvalue weighted by molar-refractivity contribution is 7.33. The van der Waals surface area contributed by atoms with E-state index in [0.29, 0.717) is 0 Å². The van der Waals surface area contributed by atoms with Crippen LogP contribution in [0.4, 0.5) is 51.2 Å². The predicted octanol–water partition coefficient (Wildman–Crippen LogP) is 22.2. The maximum Gasteiger partial charge on any atom is 0.264 e. The molecular weight excluding hydrogens is 1090 g/mol. The SMILES string of the molecule is CC(C)(C)c1ccc(N2c3cc(-c4ccccc4-c4ccccc4)ccc3B3c4sc5ccc(C(C)(C)C)cc5c4N(c4ccc(C(C)(C)C)cc4-c4ccc5ccc6cccc7ccc4c5c67)c4cc(N(c5ccccc5)c5ccccc5)cc2c43)cc1. The monoisotopic (exact) mass is 1160 g/mol. The van der Waals surface area contributed by atoms with Gasteiger partial charge in [-0.3, -0.25) is 0 Å². The van der Waals surface area contributed by atoms with Gasteiger partial charge >= 0.3 is 0 Å². The Balaban J connectivity index is 1.06. The molecule has 430 valence electrons. The molecule has 16 rings (SSSR count). The summed E-state index contributed by atoms with van der Waals surface area (Å²) in [6, 6.07) is 99.3. The molecule has 0 amide bonds. The summed E-state index contributed by atoms with van der Waals surface area (Å²) in [6.07, 6.45) is 0. The molecule has 0 N–H and O–H groups in total. The molecule has 0 unspecified atom stereocenters. The largest absolute Gasteiger partial charge is 0.311 e. The van der Waals surface area contributed by atoms with E-state index < -0.39 is 0 Å². The Morgan fingerprint density at radius 2 is 0.899 bits per heavy atom. The van der Waals surface area contributed by atoms with Crippen LogP contribution >= 0.6 is 11.3 Å². The van der Waals surface area contributed by atoms with Gasteiger partial charge in [0.15, 0.2) is 0 Å². The molecule has 14 aromatic rings. The van der Waals surface area contributed by atoms with E-state index in [-0.39, 0.29) is 23.0 Å². The smallest absolute Gasteiger partial charge is 0.264 e. The number of benzene rings is 13. The average Bonchev–Trinajstić information content (AvgIpc) is 1.69. The van der Waals surface area contributed by atoms with E-state index in [0.717, 1.165) is 39.8 Å². The topological polar surface area (TPSA) is 9.72 Å². The molecule has 1 aromatic heterocycles. The minimum atomic E-state index is -0.135. The first-order valence-electron chi connectivity index (χ1n) is 31.5. The van der Waals surface area contributed by atoms with Crippen molar-refractivity contribution in [1.82, 2.24) is 0 Å². The Kier molecular flexibility index (Phi) is 12.6. The molecule has 0 atom stereocenters. The van der Waals surface area contributed by atoms with Crippen molar-refractivity contribution in [1.29, 1.82) is 0 Å². The van der Waals surface area contributed by atoms with Crippen LogP contribution < -0.4 is 30.4 Å². The van der Waals surface area contributed by atoms with Crippen LogP contribution in [0.3, 0.4) is 0 Å². The molecule has 3 nitrogen and oxygen atoms in total. The minimum absolute atomic E-state index is 0.0391. The summed E-state index contributed by atoms with van der Waals surface area (Å²) in [4.78, 5) is 7.81. The molecule has 5 heteroatoms. The molecule has 89 heavy (non-hydrogen) atoms. The van der Waals surface area contributed by atoms with Gasteiger partial charge in [-0.05, 0) is 183 Å². The van der Waals surface area contributed by atoms with Gasteiger partial charge in [0.2, 0.25) is 0 Å². The quantitative estimate of drug-likeness (QED) is 0.111. The van der Waals surface area contributed by atoms with Gasteiger partial charge in [0.25, 0.3) is 6.71 Å². The molecule has 0 radical (unpaired) electrons. The number of anilines is 9. The molecule has 0 bridgehead atoms. The summed E-state index contributed by atoms with van der Waals surface area (Å²) >= 11 is 1.97. The standard InChI is InChI=1S/C84H70BN3S/c1-82(2,3)58-37-41-63(42-38-58)87-73-48-57(66-31-20-19-30-65(66)53-22-13-10-14-23-53)36-45-71(73)85-79-74(87)51-64(86(61-26-15-11-16-27-61)62-28-17-12-18-29-62)52-75(79)88(80-70-50-60(84(7,8)9)40-47-76(70)89-81(80)85)72-46-39-59(83(4,5)6)49-69(72)67-43-34-56-33-32-54-24-21-25-55-35-44-68(67)78(56)77(54)55/h10-52H,1-9H3. The summed E-state index contributed by atoms with van der Waals surface area (Å²) in [6.45, 7) is 20.9. The van der Waals surface area contributed by atoms with Crippen LogP contribution in [-0.4, -0.2) is 6.71 Å². The Morgan fingerprint density at radius 3 is 1.55 bits per heavy atom. The molecule has 0 saturated carbocycles. The molecular formula is C84H70BN3S. The van der Waals surface area contributed by atoms with Crippen molar-refractivity contribution in [3.05, 3.63) is 278 Å². The van der Waals surface area contributed by atoms with E-state index >= 15 is 0 Å². The number of hydrogen-bond acceptors (Lipinski definition) is 4. The van der Waals surface area contributed by atoms with Crippen molar-refractivity contribution in [2.45, 2.75) is 78.6 Å². The normalized spacial score (nSPS) is 13.2. The number of para-hydroxylation sites is 2. The predicted molar refractivity (Wildman–Crippen MR) is 387 cm³/mol. The van der Waals surface area contributed by atoms with Gasteiger partial charge in [-0.2, -0.15) is 0 Å². The third kappa shape index (κ3) is 8.99. The van der Waals surface area contributed by atoms with Gasteiger partial charge in [0, 0.05) is 54.6 Å². The number of fused-ring (bicyclic) bond motifs is 6. The first kappa shape index (κ1) is 54.7. The van der Waals surface area contributed by atoms with Gasteiger partial charge < -0.3 is 14.7 Å². The zero-order valence-corrected chi connectivity index (χ0v) is 53.0. The summed E-state index contributed by atoms with van der Waals surface area (Å²) in [5.41, 5.74) is 23.7. The molecule has 2 aliphatic heterocycles. The number of rotatable bonds is 8. The molecule has 0 saturated heterocycles. The highest BCUT2D eigenvalue weighted by Crippen LogP contribution is 2.55. The Hall–Kier alpha value is -9.68. The average molecular weight is 1160 g/mol. The molecule has 13 aromatic carbocycles. The zero-order chi connectivity index (χ0) is 60.7. The second-order valence-electron chi connectivity index (χ2n) is 27.7. The summed E-state index contributed by atoms with van der Waals surface area (Å²) in [5.74, 6) is 0. The fourth-order valence-corrected chi connectivity index (χ4v) is 15.8. The van der Waals surface area contributed by atoms with Crippen molar-refractivity contribution < 1.29 is 0 Å². The van der Waals surface area contributed by atoms with Crippen molar-refractivity contribution in [2.24, 2.45) is 0 Å². The molecule has 0 aliphatic carbocycles. The van der Waals surface area contributed by atoms with Crippen LogP contribution in [0.15, 0.2) is 261 Å². The second kappa shape index (κ2) is 20.5. The first-order chi connectivity index (χ1) is 43.0. The van der Waals surface area contributed by atoms with E-state index in [9.17, 15) is 0 Å². The number of nitrogens with zero attached hydrogens (tertiary/aromatic N) is 3. The minimum Gasteiger partial charge on any atom is -0.311 e. The Labute approximate surface area is 528 Å². The van der Waals surface area contributed by atoms with E-state index in [1.807, 2.05) is 11.3 Å². The molecule has 0 fully saturated rings. The lowest BCUT2D eigenvalue weighted by molar-refractivity contribution is 0.590. The Bertz CT molecular complexity index is 5030. The van der Waals surface area contributed by atoms with Gasteiger partial charge in [-0.25, -0.2) is 0 Å². The maximum atomic E-state index is 2.73. The van der Waals surface area contributed by atoms with Crippen molar-refractivity contribution in [3.63, 3.8) is 0 Å². The maximum absolute atomic E-state index is 2.73. The first-order valence-corrected chi connectivity index (χ1v) is 32.3. The molecule has 3 heterocycles. The molecule has 2 aliphatic rings. The van der Waals surface area contributed by atoms with E-state index in [2.05, 4.69) is 338 Å². The van der Waals surface area contributed by atoms with E-state index in [4.69, 9.17) is 0 Å². The lowest BCUT2D eigenvalue weighted by Gasteiger charge is -2.44. The third-order valence-corrected chi connectivity index (χ3v) is 20.3. The van der Waals surface area contributed by atoms with Gasteiger partial charge in [0.05, 0.1) is 17.1 Å². The number of hydrogen-bond donors (Lipinski definition) is 0.